The molecule has 0 radical (unpaired) electrons. The first-order valence-corrected chi connectivity index (χ1v) is 7.20. The largest absolute Gasteiger partial charge is 0.303 e. The monoisotopic (exact) mass is 236 g/mol. The molecule has 2 heterocycles. The van der Waals surface area contributed by atoms with E-state index in [0.717, 1.165) is 31.2 Å². The number of likely N-dealkylation sites (tertiary alicyclic amines) is 2. The number of fused-ring (bicyclic) bond motifs is 1. The van der Waals surface area contributed by atoms with Gasteiger partial charge in [-0.25, -0.2) is 0 Å². The number of nitrogens with zero attached hydrogens (tertiary/aromatic N) is 2. The van der Waals surface area contributed by atoms with Crippen molar-refractivity contribution >= 4 is 5.78 Å². The van der Waals surface area contributed by atoms with Crippen molar-refractivity contribution in [1.29, 1.82) is 0 Å². The Balaban J connectivity index is 1.62. The number of hydrogen-bond acceptors (Lipinski definition) is 3. The minimum Gasteiger partial charge on any atom is -0.303 e. The van der Waals surface area contributed by atoms with Gasteiger partial charge in [0.25, 0.3) is 0 Å². The third kappa shape index (κ3) is 2.27. The first-order valence-electron chi connectivity index (χ1n) is 7.20. The van der Waals surface area contributed by atoms with Gasteiger partial charge in [-0.15, -0.1) is 0 Å². The molecule has 3 rings (SSSR count). The number of ketones is 1. The fourth-order valence-electron chi connectivity index (χ4n) is 4.12. The molecule has 3 heteroatoms. The summed E-state index contributed by atoms with van der Waals surface area (Å²) in [6.45, 7) is 3.74. The Labute approximate surface area is 104 Å². The molecule has 0 aromatic rings. The van der Waals surface area contributed by atoms with Gasteiger partial charge in [0.1, 0.15) is 5.78 Å². The third-order valence-corrected chi connectivity index (χ3v) is 5.11. The SMILES string of the molecule is CN1CCCC2CN(C3CCC(=O)C3)CCC21. The van der Waals surface area contributed by atoms with E-state index in [4.69, 9.17) is 0 Å². The van der Waals surface area contributed by atoms with Crippen LogP contribution in [0.4, 0.5) is 0 Å². The first kappa shape index (κ1) is 11.7. The van der Waals surface area contributed by atoms with Crippen molar-refractivity contribution in [3.8, 4) is 0 Å². The van der Waals surface area contributed by atoms with Gasteiger partial charge in [0, 0.05) is 31.5 Å². The Kier molecular flexibility index (Phi) is 3.22. The Morgan fingerprint density at radius 2 is 2.06 bits per heavy atom. The molecule has 17 heavy (non-hydrogen) atoms. The fraction of sp³-hybridized carbons (Fsp3) is 0.929. The minimum atomic E-state index is 0.484. The Morgan fingerprint density at radius 1 is 1.18 bits per heavy atom. The van der Waals surface area contributed by atoms with Crippen LogP contribution >= 0.6 is 0 Å². The fourth-order valence-corrected chi connectivity index (χ4v) is 4.12. The molecular weight excluding hydrogens is 212 g/mol. The van der Waals surface area contributed by atoms with Crippen molar-refractivity contribution in [2.75, 3.05) is 26.7 Å². The lowest BCUT2D eigenvalue weighted by Crippen LogP contribution is -2.54. The average molecular weight is 236 g/mol. The smallest absolute Gasteiger partial charge is 0.134 e. The molecule has 3 nitrogen and oxygen atoms in total. The van der Waals surface area contributed by atoms with Gasteiger partial charge in [0.15, 0.2) is 0 Å². The maximum Gasteiger partial charge on any atom is 0.134 e. The molecule has 0 N–H and O–H groups in total. The number of rotatable bonds is 1. The van der Waals surface area contributed by atoms with Crippen LogP contribution in [0.3, 0.4) is 0 Å². The summed E-state index contributed by atoms with van der Waals surface area (Å²) in [6.07, 6.45) is 6.83. The van der Waals surface area contributed by atoms with Gasteiger partial charge in [-0.2, -0.15) is 0 Å². The highest BCUT2D eigenvalue weighted by molar-refractivity contribution is 5.81. The van der Waals surface area contributed by atoms with Crippen LogP contribution in [-0.2, 0) is 4.79 Å². The number of carbonyl (C=O) groups excluding carboxylic acids is 1. The number of hydrogen-bond donors (Lipinski definition) is 0. The summed E-state index contributed by atoms with van der Waals surface area (Å²) in [6, 6.07) is 1.40. The van der Waals surface area contributed by atoms with E-state index in [1.54, 1.807) is 0 Å². The van der Waals surface area contributed by atoms with Crippen molar-refractivity contribution in [2.24, 2.45) is 5.92 Å². The van der Waals surface area contributed by atoms with E-state index in [2.05, 4.69) is 16.8 Å². The summed E-state index contributed by atoms with van der Waals surface area (Å²) in [4.78, 5) is 16.6. The lowest BCUT2D eigenvalue weighted by Gasteiger charge is -2.47. The molecule has 3 aliphatic rings. The summed E-state index contributed by atoms with van der Waals surface area (Å²) in [7, 11) is 2.28. The highest BCUT2D eigenvalue weighted by Gasteiger charge is 2.37. The first-order chi connectivity index (χ1) is 8.24. The Hall–Kier alpha value is -0.410. The van der Waals surface area contributed by atoms with E-state index in [1.165, 1.54) is 38.9 Å². The van der Waals surface area contributed by atoms with Crippen LogP contribution in [0.2, 0.25) is 0 Å². The van der Waals surface area contributed by atoms with Crippen molar-refractivity contribution < 1.29 is 4.79 Å². The maximum atomic E-state index is 11.4. The predicted octanol–water partition coefficient (Wildman–Crippen LogP) is 1.52. The summed E-state index contributed by atoms with van der Waals surface area (Å²) in [5.74, 6) is 1.34. The molecule has 3 atom stereocenters. The number of Topliss-reactive ketones (excluding diaryl/α,β-unsaturated/α-hetero) is 1. The van der Waals surface area contributed by atoms with Crippen LogP contribution in [0.15, 0.2) is 0 Å². The zero-order valence-corrected chi connectivity index (χ0v) is 10.9. The molecule has 0 aromatic carbocycles. The van der Waals surface area contributed by atoms with Crippen LogP contribution in [0.5, 0.6) is 0 Å². The van der Waals surface area contributed by atoms with E-state index in [1.807, 2.05) is 0 Å². The minimum absolute atomic E-state index is 0.484. The summed E-state index contributed by atoms with van der Waals surface area (Å²) >= 11 is 0. The normalized spacial score (nSPS) is 40.5. The molecule has 0 spiro atoms. The highest BCUT2D eigenvalue weighted by Crippen LogP contribution is 2.32. The summed E-state index contributed by atoms with van der Waals surface area (Å²) in [5.41, 5.74) is 0. The van der Waals surface area contributed by atoms with Crippen LogP contribution in [0.1, 0.15) is 38.5 Å². The van der Waals surface area contributed by atoms with Gasteiger partial charge >= 0.3 is 0 Å². The van der Waals surface area contributed by atoms with Crippen LogP contribution < -0.4 is 0 Å². The molecular formula is C14H24N2O. The number of carbonyl (C=O) groups is 1. The second-order valence-corrected chi connectivity index (χ2v) is 6.17. The number of piperidine rings is 2. The van der Waals surface area contributed by atoms with Gasteiger partial charge in [0.2, 0.25) is 0 Å². The van der Waals surface area contributed by atoms with Crippen LogP contribution in [0, 0.1) is 5.92 Å². The average Bonchev–Trinajstić information content (AvgIpc) is 2.76. The van der Waals surface area contributed by atoms with Crippen LogP contribution in [0.25, 0.3) is 0 Å². The Bertz CT molecular complexity index is 305. The second kappa shape index (κ2) is 4.69. The summed E-state index contributed by atoms with van der Waals surface area (Å²) in [5, 5.41) is 0. The van der Waals surface area contributed by atoms with Gasteiger partial charge in [-0.1, -0.05) is 0 Å². The Morgan fingerprint density at radius 3 is 2.82 bits per heavy atom. The van der Waals surface area contributed by atoms with Crippen molar-refractivity contribution in [1.82, 2.24) is 9.80 Å². The molecule has 96 valence electrons. The quantitative estimate of drug-likeness (QED) is 0.690. The molecule has 2 aliphatic heterocycles. The van der Waals surface area contributed by atoms with Gasteiger partial charge in [-0.05, 0) is 51.7 Å². The molecule has 3 fully saturated rings. The van der Waals surface area contributed by atoms with E-state index in [0.29, 0.717) is 11.8 Å². The van der Waals surface area contributed by atoms with Gasteiger partial charge in [0.05, 0.1) is 0 Å². The van der Waals surface area contributed by atoms with Gasteiger partial charge in [-0.3, -0.25) is 9.69 Å². The second-order valence-electron chi connectivity index (χ2n) is 6.17. The zero-order valence-electron chi connectivity index (χ0n) is 10.9. The van der Waals surface area contributed by atoms with Gasteiger partial charge < -0.3 is 4.90 Å². The van der Waals surface area contributed by atoms with E-state index in [9.17, 15) is 4.79 Å². The molecule has 0 amide bonds. The molecule has 0 aromatic heterocycles. The highest BCUT2D eigenvalue weighted by atomic mass is 16.1. The van der Waals surface area contributed by atoms with Crippen molar-refractivity contribution in [3.05, 3.63) is 0 Å². The lowest BCUT2D eigenvalue weighted by atomic mass is 9.83. The molecule has 0 bridgehead atoms. The molecule has 2 saturated heterocycles. The molecule has 1 aliphatic carbocycles. The molecule has 1 saturated carbocycles. The van der Waals surface area contributed by atoms with E-state index in [-0.39, 0.29) is 0 Å². The van der Waals surface area contributed by atoms with Crippen molar-refractivity contribution in [3.63, 3.8) is 0 Å². The lowest BCUT2D eigenvalue weighted by molar-refractivity contribution is -0.117. The summed E-state index contributed by atoms with van der Waals surface area (Å²) < 4.78 is 0. The van der Waals surface area contributed by atoms with E-state index >= 15 is 0 Å². The third-order valence-electron chi connectivity index (χ3n) is 5.11. The topological polar surface area (TPSA) is 23.6 Å². The predicted molar refractivity (Wildman–Crippen MR) is 68.0 cm³/mol. The zero-order chi connectivity index (χ0) is 11.8. The standard InChI is InChI=1S/C14H24N2O/c1-15-7-2-3-11-10-16(8-6-14(11)15)12-4-5-13(17)9-12/h11-12,14H,2-10H2,1H3. The van der Waals surface area contributed by atoms with E-state index < -0.39 is 0 Å². The molecule has 3 unspecified atom stereocenters. The van der Waals surface area contributed by atoms with Crippen LogP contribution in [-0.4, -0.2) is 54.3 Å². The maximum absolute atomic E-state index is 11.4. The van der Waals surface area contributed by atoms with Crippen molar-refractivity contribution in [2.45, 2.75) is 50.6 Å².